The standard InChI is InChI=1S/C10H14FN2O8PS/c1-4(14)6-7(21-22(18,19)23)10(11,17)8(20-6)13-3-2-5(15)12-9(13)16/h2-4,6-8,14,17H,1H3,(H,12,15,16)(H2,18,19,23)/t4-,6-,7-,8-,10-/m1/s1. The maximum Gasteiger partial charge on any atom is 0.330 e. The molecule has 0 spiro atoms. The van der Waals surface area contributed by atoms with Crippen molar-refractivity contribution in [1.29, 1.82) is 0 Å². The number of halogens is 1. The van der Waals surface area contributed by atoms with Crippen LogP contribution in [0, 0.1) is 0 Å². The molecule has 5 N–H and O–H groups in total. The van der Waals surface area contributed by atoms with E-state index in [0.717, 1.165) is 12.3 Å². The van der Waals surface area contributed by atoms with Gasteiger partial charge in [-0.2, -0.15) is 0 Å². The summed E-state index contributed by atoms with van der Waals surface area (Å²) in [6.45, 7) is -3.24. The van der Waals surface area contributed by atoms with Gasteiger partial charge in [-0.25, -0.2) is 9.18 Å². The van der Waals surface area contributed by atoms with Gasteiger partial charge in [0.2, 0.25) is 0 Å². The number of alkyl halides is 1. The Kier molecular flexibility index (Phi) is 4.91. The maximum atomic E-state index is 14.7. The number of ether oxygens (including phenoxy) is 1. The largest absolute Gasteiger partial charge is 0.391 e. The van der Waals surface area contributed by atoms with Gasteiger partial charge in [0.1, 0.15) is 6.10 Å². The van der Waals surface area contributed by atoms with Crippen molar-refractivity contribution in [1.82, 2.24) is 9.55 Å². The molecule has 2 heterocycles. The predicted octanol–water partition coefficient (Wildman–Crippen LogP) is -1.93. The second-order valence-electron chi connectivity index (χ2n) is 4.96. The summed E-state index contributed by atoms with van der Waals surface area (Å²) in [7, 11) is 0. The number of H-pyrrole nitrogens is 1. The highest BCUT2D eigenvalue weighted by Gasteiger charge is 2.61. The van der Waals surface area contributed by atoms with Crippen molar-refractivity contribution in [2.45, 2.75) is 37.3 Å². The molecule has 0 saturated carbocycles. The van der Waals surface area contributed by atoms with Gasteiger partial charge >= 0.3 is 12.4 Å². The monoisotopic (exact) mass is 372 g/mol. The van der Waals surface area contributed by atoms with Crippen molar-refractivity contribution in [3.05, 3.63) is 33.1 Å². The van der Waals surface area contributed by atoms with E-state index in [1.165, 1.54) is 6.92 Å². The number of nitrogens with one attached hydrogen (secondary N) is 1. The molecule has 0 aromatic carbocycles. The van der Waals surface area contributed by atoms with E-state index in [-0.39, 0.29) is 0 Å². The highest BCUT2D eigenvalue weighted by Crippen LogP contribution is 2.49. The van der Waals surface area contributed by atoms with E-state index in [0.29, 0.717) is 4.57 Å². The molecule has 1 aromatic heterocycles. The van der Waals surface area contributed by atoms with Crippen LogP contribution in [-0.2, 0) is 21.1 Å². The number of hydrogen-bond acceptors (Lipinski definition) is 7. The van der Waals surface area contributed by atoms with Crippen molar-refractivity contribution in [3.8, 4) is 0 Å². The second kappa shape index (κ2) is 6.15. The lowest BCUT2D eigenvalue weighted by atomic mass is 10.0. The minimum atomic E-state index is -4.41. The van der Waals surface area contributed by atoms with Crippen LogP contribution in [0.3, 0.4) is 0 Å². The Labute approximate surface area is 133 Å². The first-order valence-electron chi connectivity index (χ1n) is 6.23. The lowest BCUT2D eigenvalue weighted by Gasteiger charge is -2.28. The van der Waals surface area contributed by atoms with E-state index in [2.05, 4.69) is 16.3 Å². The van der Waals surface area contributed by atoms with Gasteiger partial charge in [-0.05, 0) is 18.7 Å². The molecule has 1 saturated heterocycles. The van der Waals surface area contributed by atoms with Gasteiger partial charge < -0.3 is 24.7 Å². The molecule has 1 aromatic rings. The van der Waals surface area contributed by atoms with Crippen molar-refractivity contribution in [2.75, 3.05) is 0 Å². The molecule has 2 rings (SSSR count). The quantitative estimate of drug-likeness (QED) is 0.380. The molecule has 0 aliphatic carbocycles. The normalized spacial score (nSPS) is 32.9. The molecule has 1 fully saturated rings. The fourth-order valence-corrected chi connectivity index (χ4v) is 3.05. The van der Waals surface area contributed by atoms with Gasteiger partial charge in [-0.15, -0.1) is 0 Å². The second-order valence-corrected chi connectivity index (χ2v) is 7.57. The fourth-order valence-electron chi connectivity index (χ4n) is 2.21. The summed E-state index contributed by atoms with van der Waals surface area (Å²) in [5, 5.41) is 19.6. The van der Waals surface area contributed by atoms with E-state index in [4.69, 9.17) is 4.74 Å². The first kappa shape index (κ1) is 18.4. The van der Waals surface area contributed by atoms with Gasteiger partial charge in [0.15, 0.2) is 12.3 Å². The van der Waals surface area contributed by atoms with Crippen LogP contribution < -0.4 is 11.2 Å². The minimum absolute atomic E-state index is 0.526. The zero-order chi connectivity index (χ0) is 17.6. The third-order valence-corrected chi connectivity index (χ3v) is 3.92. The molecular formula is C10H14FN2O8PS. The summed E-state index contributed by atoms with van der Waals surface area (Å²) < 4.78 is 24.9. The van der Waals surface area contributed by atoms with Crippen LogP contribution in [0.2, 0.25) is 0 Å². The fraction of sp³-hybridized carbons (Fsp3) is 0.600. The highest BCUT2D eigenvalue weighted by molar-refractivity contribution is 8.06. The number of rotatable bonds is 4. The maximum absolute atomic E-state index is 14.7. The lowest BCUT2D eigenvalue weighted by Crippen LogP contribution is -2.47. The van der Waals surface area contributed by atoms with Crippen LogP contribution in [0.5, 0.6) is 0 Å². The van der Waals surface area contributed by atoms with E-state index < -0.39 is 48.4 Å². The first-order valence-corrected chi connectivity index (χ1v) is 8.86. The number of aromatic nitrogens is 2. The van der Waals surface area contributed by atoms with Crippen LogP contribution in [0.25, 0.3) is 0 Å². The molecule has 0 bridgehead atoms. The first-order chi connectivity index (χ1) is 10.4. The summed E-state index contributed by atoms with van der Waals surface area (Å²) in [5.74, 6) is -3.45. The number of nitrogens with zero attached hydrogens (tertiary/aromatic N) is 1. The average Bonchev–Trinajstić information content (AvgIpc) is 2.61. The Morgan fingerprint density at radius 3 is 2.65 bits per heavy atom. The molecule has 23 heavy (non-hydrogen) atoms. The third kappa shape index (κ3) is 3.75. The minimum Gasteiger partial charge on any atom is -0.391 e. The van der Waals surface area contributed by atoms with Gasteiger partial charge in [-0.3, -0.25) is 18.9 Å². The number of hydrogen-bond donors (Lipinski definition) is 5. The Morgan fingerprint density at radius 1 is 1.57 bits per heavy atom. The zero-order valence-corrected chi connectivity index (χ0v) is 13.3. The van der Waals surface area contributed by atoms with E-state index in [9.17, 15) is 34.0 Å². The average molecular weight is 372 g/mol. The topological polar surface area (TPSA) is 154 Å². The van der Waals surface area contributed by atoms with Crippen LogP contribution in [0.4, 0.5) is 4.39 Å². The predicted molar refractivity (Wildman–Crippen MR) is 76.6 cm³/mol. The van der Waals surface area contributed by atoms with E-state index >= 15 is 0 Å². The molecule has 5 atom stereocenters. The Balaban J connectivity index is 2.48. The van der Waals surface area contributed by atoms with Gasteiger partial charge in [0.25, 0.3) is 11.4 Å². The van der Waals surface area contributed by atoms with Crippen LogP contribution >= 0.6 is 6.72 Å². The van der Waals surface area contributed by atoms with Gasteiger partial charge in [0.05, 0.1) is 6.10 Å². The van der Waals surface area contributed by atoms with Crippen LogP contribution in [-0.4, -0.2) is 53.7 Å². The lowest BCUT2D eigenvalue weighted by molar-refractivity contribution is -0.193. The SMILES string of the molecule is C[C@@H](O)[C@H]1O[C@@H](n2ccc(=O)[nH]c2=O)[C@@](O)(F)[C@@H]1OP(O)(O)=S. The van der Waals surface area contributed by atoms with E-state index in [1.54, 1.807) is 0 Å². The summed E-state index contributed by atoms with van der Waals surface area (Å²) in [6.07, 6.45) is -6.20. The summed E-state index contributed by atoms with van der Waals surface area (Å²) in [5.41, 5.74) is -1.84. The number of aromatic amines is 1. The Hall–Kier alpha value is -0.980. The van der Waals surface area contributed by atoms with E-state index in [1.807, 2.05) is 4.98 Å². The molecule has 0 radical (unpaired) electrons. The van der Waals surface area contributed by atoms with Crippen molar-refractivity contribution >= 4 is 18.5 Å². The molecule has 10 nitrogen and oxygen atoms in total. The molecule has 130 valence electrons. The van der Waals surface area contributed by atoms with Crippen LogP contribution in [0.15, 0.2) is 21.9 Å². The number of aliphatic hydroxyl groups is 2. The summed E-state index contributed by atoms with van der Waals surface area (Å²) >= 11 is 4.23. The van der Waals surface area contributed by atoms with Crippen molar-refractivity contribution in [2.24, 2.45) is 0 Å². The van der Waals surface area contributed by atoms with Crippen molar-refractivity contribution < 1.29 is 33.7 Å². The summed E-state index contributed by atoms with van der Waals surface area (Å²) in [6, 6.07) is 0.884. The highest BCUT2D eigenvalue weighted by atomic mass is 32.5. The van der Waals surface area contributed by atoms with Crippen LogP contribution in [0.1, 0.15) is 13.2 Å². The number of aliphatic hydroxyl groups excluding tert-OH is 1. The van der Waals surface area contributed by atoms with Gasteiger partial charge in [-0.1, -0.05) is 0 Å². The molecule has 1 aliphatic heterocycles. The molecular weight excluding hydrogens is 358 g/mol. The molecule has 1 aliphatic rings. The molecule has 13 heteroatoms. The van der Waals surface area contributed by atoms with Crippen molar-refractivity contribution in [3.63, 3.8) is 0 Å². The smallest absolute Gasteiger partial charge is 0.330 e. The zero-order valence-electron chi connectivity index (χ0n) is 11.6. The Bertz CT molecular complexity index is 743. The molecule has 0 unspecified atom stereocenters. The van der Waals surface area contributed by atoms with Gasteiger partial charge in [0, 0.05) is 12.3 Å². The Morgan fingerprint density at radius 2 is 2.17 bits per heavy atom. The molecule has 0 amide bonds. The third-order valence-electron chi connectivity index (χ3n) is 3.16. The summed E-state index contributed by atoms with van der Waals surface area (Å²) in [4.78, 5) is 43.0.